The number of carbonyl (C=O) groups excluding carboxylic acids is 1. The second-order valence-corrected chi connectivity index (χ2v) is 6.89. The monoisotopic (exact) mass is 354 g/mol. The molecule has 1 fully saturated rings. The normalized spacial score (nSPS) is 14.3. The van der Waals surface area contributed by atoms with Gasteiger partial charge in [0.1, 0.15) is 0 Å². The number of nitrogens with one attached hydrogen (secondary N) is 1. The molecule has 1 aromatic heterocycles. The molecule has 1 N–H and O–H groups in total. The van der Waals surface area contributed by atoms with Gasteiger partial charge < -0.3 is 14.8 Å². The predicted octanol–water partition coefficient (Wildman–Crippen LogP) is 4.59. The van der Waals surface area contributed by atoms with Crippen LogP contribution in [0.2, 0.25) is 0 Å². The molecule has 5 nitrogen and oxygen atoms in total. The van der Waals surface area contributed by atoms with Crippen molar-refractivity contribution in [2.45, 2.75) is 52.6 Å². The first kappa shape index (κ1) is 18.2. The van der Waals surface area contributed by atoms with Gasteiger partial charge in [0, 0.05) is 11.3 Å². The maximum Gasteiger partial charge on any atom is 0.255 e. The molecule has 1 aliphatic carbocycles. The van der Waals surface area contributed by atoms with E-state index in [2.05, 4.69) is 10.3 Å². The van der Waals surface area contributed by atoms with E-state index in [0.717, 1.165) is 35.5 Å². The molecular formula is C21H26N2O3. The van der Waals surface area contributed by atoms with Crippen molar-refractivity contribution in [2.24, 2.45) is 0 Å². The molecule has 0 saturated heterocycles. The van der Waals surface area contributed by atoms with Crippen LogP contribution < -0.4 is 14.8 Å². The molecule has 1 heterocycles. The molecule has 138 valence electrons. The lowest BCUT2D eigenvalue weighted by Gasteiger charge is -2.17. The number of aryl methyl sites for hydroxylation is 3. The lowest BCUT2D eigenvalue weighted by molar-refractivity contribution is 0.102. The summed E-state index contributed by atoms with van der Waals surface area (Å²) >= 11 is 0. The van der Waals surface area contributed by atoms with Gasteiger partial charge in [0.2, 0.25) is 0 Å². The minimum Gasteiger partial charge on any atom is -0.493 e. The number of rotatable bonds is 5. The Hall–Kier alpha value is -2.56. The number of ether oxygens (including phenoxy) is 2. The Kier molecular flexibility index (Phi) is 5.45. The SMILES string of the molecule is COc1cc(C(=O)Nc2c(C)cc(C)nc2C)ccc1OC1CCCC1. The molecule has 2 aromatic rings. The average Bonchev–Trinajstić information content (AvgIpc) is 3.11. The summed E-state index contributed by atoms with van der Waals surface area (Å²) in [5.74, 6) is 1.09. The van der Waals surface area contributed by atoms with Crippen LogP contribution in [0.4, 0.5) is 5.69 Å². The van der Waals surface area contributed by atoms with Crippen LogP contribution in [0, 0.1) is 20.8 Å². The van der Waals surface area contributed by atoms with Crippen LogP contribution >= 0.6 is 0 Å². The minimum absolute atomic E-state index is 0.187. The third-order valence-corrected chi connectivity index (χ3v) is 4.79. The van der Waals surface area contributed by atoms with Gasteiger partial charge in [0.05, 0.1) is 24.6 Å². The van der Waals surface area contributed by atoms with Crippen molar-refractivity contribution in [3.8, 4) is 11.5 Å². The summed E-state index contributed by atoms with van der Waals surface area (Å²) in [6.07, 6.45) is 4.80. The van der Waals surface area contributed by atoms with E-state index >= 15 is 0 Å². The molecule has 0 aliphatic heterocycles. The summed E-state index contributed by atoms with van der Waals surface area (Å²) in [7, 11) is 1.59. The highest BCUT2D eigenvalue weighted by molar-refractivity contribution is 6.05. The zero-order chi connectivity index (χ0) is 18.7. The molecule has 0 spiro atoms. The molecule has 1 aromatic carbocycles. The van der Waals surface area contributed by atoms with Gasteiger partial charge >= 0.3 is 0 Å². The van der Waals surface area contributed by atoms with Gasteiger partial charge in [-0.1, -0.05) is 0 Å². The zero-order valence-electron chi connectivity index (χ0n) is 15.9. The molecule has 0 atom stereocenters. The van der Waals surface area contributed by atoms with Gasteiger partial charge in [-0.3, -0.25) is 9.78 Å². The van der Waals surface area contributed by atoms with E-state index in [1.165, 1.54) is 12.8 Å². The van der Waals surface area contributed by atoms with Crippen molar-refractivity contribution < 1.29 is 14.3 Å². The first-order chi connectivity index (χ1) is 12.5. The van der Waals surface area contributed by atoms with E-state index in [0.29, 0.717) is 17.1 Å². The van der Waals surface area contributed by atoms with E-state index in [1.807, 2.05) is 32.9 Å². The number of methoxy groups -OCH3 is 1. The van der Waals surface area contributed by atoms with Crippen LogP contribution in [0.5, 0.6) is 11.5 Å². The molecule has 0 bridgehead atoms. The highest BCUT2D eigenvalue weighted by atomic mass is 16.5. The van der Waals surface area contributed by atoms with Crippen LogP contribution in [-0.4, -0.2) is 24.1 Å². The first-order valence-electron chi connectivity index (χ1n) is 9.09. The third-order valence-electron chi connectivity index (χ3n) is 4.79. The van der Waals surface area contributed by atoms with Gasteiger partial charge in [0.15, 0.2) is 11.5 Å². The third kappa shape index (κ3) is 3.98. The summed E-state index contributed by atoms with van der Waals surface area (Å²) in [5, 5.41) is 2.97. The van der Waals surface area contributed by atoms with Crippen LogP contribution in [-0.2, 0) is 0 Å². The first-order valence-corrected chi connectivity index (χ1v) is 9.09. The largest absolute Gasteiger partial charge is 0.493 e. The number of nitrogens with zero attached hydrogens (tertiary/aromatic N) is 1. The van der Waals surface area contributed by atoms with Crippen molar-refractivity contribution in [1.82, 2.24) is 4.98 Å². The summed E-state index contributed by atoms with van der Waals surface area (Å²) < 4.78 is 11.5. The minimum atomic E-state index is -0.187. The van der Waals surface area contributed by atoms with E-state index in [1.54, 1.807) is 19.2 Å². The van der Waals surface area contributed by atoms with Crippen LogP contribution in [0.15, 0.2) is 24.3 Å². The average molecular weight is 354 g/mol. The van der Waals surface area contributed by atoms with Crippen molar-refractivity contribution in [1.29, 1.82) is 0 Å². The van der Waals surface area contributed by atoms with Gasteiger partial charge in [-0.05, 0) is 76.3 Å². The van der Waals surface area contributed by atoms with Gasteiger partial charge in [-0.25, -0.2) is 0 Å². The molecule has 1 amide bonds. The van der Waals surface area contributed by atoms with Crippen LogP contribution in [0.3, 0.4) is 0 Å². The summed E-state index contributed by atoms with van der Waals surface area (Å²) in [6.45, 7) is 5.81. The predicted molar refractivity (Wildman–Crippen MR) is 102 cm³/mol. The fraction of sp³-hybridized carbons (Fsp3) is 0.429. The molecule has 1 aliphatic rings. The molecule has 5 heteroatoms. The van der Waals surface area contributed by atoms with Gasteiger partial charge in [0.25, 0.3) is 5.91 Å². The summed E-state index contributed by atoms with van der Waals surface area (Å²) in [6, 6.07) is 7.28. The van der Waals surface area contributed by atoms with Crippen molar-refractivity contribution in [3.63, 3.8) is 0 Å². The number of hydrogen-bond acceptors (Lipinski definition) is 4. The Morgan fingerprint density at radius 1 is 1.12 bits per heavy atom. The fourth-order valence-electron chi connectivity index (χ4n) is 3.49. The van der Waals surface area contributed by atoms with Gasteiger partial charge in [-0.15, -0.1) is 0 Å². The van der Waals surface area contributed by atoms with Crippen molar-refractivity contribution in [2.75, 3.05) is 12.4 Å². The maximum atomic E-state index is 12.7. The quantitative estimate of drug-likeness (QED) is 0.853. The lowest BCUT2D eigenvalue weighted by atomic mass is 10.1. The van der Waals surface area contributed by atoms with E-state index in [-0.39, 0.29) is 12.0 Å². The smallest absolute Gasteiger partial charge is 0.255 e. The topological polar surface area (TPSA) is 60.5 Å². The molecule has 0 radical (unpaired) electrons. The number of benzene rings is 1. The van der Waals surface area contributed by atoms with Crippen LogP contribution in [0.25, 0.3) is 0 Å². The molecular weight excluding hydrogens is 328 g/mol. The van der Waals surface area contributed by atoms with E-state index < -0.39 is 0 Å². The number of aromatic nitrogens is 1. The number of hydrogen-bond donors (Lipinski definition) is 1. The molecule has 1 saturated carbocycles. The Morgan fingerprint density at radius 2 is 1.85 bits per heavy atom. The maximum absolute atomic E-state index is 12.7. The van der Waals surface area contributed by atoms with Crippen molar-refractivity contribution >= 4 is 11.6 Å². The fourth-order valence-corrected chi connectivity index (χ4v) is 3.49. The Balaban J connectivity index is 1.79. The van der Waals surface area contributed by atoms with Crippen molar-refractivity contribution in [3.05, 3.63) is 46.8 Å². The van der Waals surface area contributed by atoms with E-state index in [9.17, 15) is 4.79 Å². The molecule has 26 heavy (non-hydrogen) atoms. The molecule has 0 unspecified atom stereocenters. The number of carbonyl (C=O) groups is 1. The standard InChI is InChI=1S/C21H26N2O3/c1-13-11-14(2)22-15(3)20(13)23-21(24)16-9-10-18(19(12-16)25-4)26-17-7-5-6-8-17/h9-12,17H,5-8H2,1-4H3,(H,23,24). The second-order valence-electron chi connectivity index (χ2n) is 6.89. The lowest BCUT2D eigenvalue weighted by Crippen LogP contribution is -2.15. The highest BCUT2D eigenvalue weighted by Gasteiger charge is 2.19. The summed E-state index contributed by atoms with van der Waals surface area (Å²) in [5.41, 5.74) is 4.03. The number of anilines is 1. The Bertz CT molecular complexity index is 788. The second kappa shape index (κ2) is 7.77. The van der Waals surface area contributed by atoms with Crippen LogP contribution in [0.1, 0.15) is 53.0 Å². The summed E-state index contributed by atoms with van der Waals surface area (Å²) in [4.78, 5) is 17.1. The number of pyridine rings is 1. The Labute approximate surface area is 154 Å². The Morgan fingerprint density at radius 3 is 2.50 bits per heavy atom. The molecule has 3 rings (SSSR count). The number of amides is 1. The highest BCUT2D eigenvalue weighted by Crippen LogP contribution is 2.32. The zero-order valence-corrected chi connectivity index (χ0v) is 15.9. The van der Waals surface area contributed by atoms with Gasteiger partial charge in [-0.2, -0.15) is 0 Å². The van der Waals surface area contributed by atoms with E-state index in [4.69, 9.17) is 9.47 Å².